The summed E-state index contributed by atoms with van der Waals surface area (Å²) in [5, 5.41) is 0. The van der Waals surface area contributed by atoms with Gasteiger partial charge in [-0.1, -0.05) is 0 Å². The summed E-state index contributed by atoms with van der Waals surface area (Å²) < 4.78 is 12.4. The van der Waals surface area contributed by atoms with E-state index in [1.54, 1.807) is 26.0 Å². The van der Waals surface area contributed by atoms with Gasteiger partial charge in [0, 0.05) is 0 Å². The standard InChI is InChI=1S/C20H30N2O4Se/c1-9-25-16(23)15(22-21)20(17(24)26-10-2)11-13(18(3,4)5)27-14(12-20)19(6,7)8/h11-12H,9-10H2,1-8H3. The number of carbonyl (C=O) groups is 2. The Balaban J connectivity index is 3.85. The van der Waals surface area contributed by atoms with Crippen molar-refractivity contribution in [3.63, 3.8) is 0 Å². The second kappa shape index (κ2) is 8.55. The first-order valence-electron chi connectivity index (χ1n) is 9.04. The molecule has 1 rings (SSSR count). The fourth-order valence-electron chi connectivity index (χ4n) is 2.47. The van der Waals surface area contributed by atoms with Gasteiger partial charge in [-0.25, -0.2) is 0 Å². The third-order valence-corrected chi connectivity index (χ3v) is 7.98. The van der Waals surface area contributed by atoms with Crippen LogP contribution < -0.4 is 0 Å². The van der Waals surface area contributed by atoms with Crippen molar-refractivity contribution in [1.82, 2.24) is 0 Å². The van der Waals surface area contributed by atoms with E-state index in [4.69, 9.17) is 9.47 Å². The Hall–Kier alpha value is -1.68. The molecule has 0 saturated carbocycles. The molecule has 0 amide bonds. The van der Waals surface area contributed by atoms with Gasteiger partial charge < -0.3 is 0 Å². The second-order valence-electron chi connectivity index (χ2n) is 8.38. The van der Waals surface area contributed by atoms with E-state index >= 15 is 0 Å². The second-order valence-corrected chi connectivity index (χ2v) is 10.7. The molecule has 0 aromatic heterocycles. The van der Waals surface area contributed by atoms with E-state index in [0.717, 1.165) is 8.94 Å². The Labute approximate surface area is 168 Å². The first-order valence-corrected chi connectivity index (χ1v) is 10.8. The Morgan fingerprint density at radius 1 is 1.00 bits per heavy atom. The van der Waals surface area contributed by atoms with Gasteiger partial charge in [0.15, 0.2) is 0 Å². The quantitative estimate of drug-likeness (QED) is 0.215. The molecule has 1 aliphatic heterocycles. The van der Waals surface area contributed by atoms with E-state index in [1.165, 1.54) is 0 Å². The summed E-state index contributed by atoms with van der Waals surface area (Å²) in [6.07, 6.45) is 3.46. The number of esters is 2. The Bertz CT molecular complexity index is 687. The molecule has 7 heteroatoms. The van der Waals surface area contributed by atoms with Gasteiger partial charge in [0.1, 0.15) is 0 Å². The van der Waals surface area contributed by atoms with E-state index in [-0.39, 0.29) is 44.7 Å². The molecule has 6 nitrogen and oxygen atoms in total. The van der Waals surface area contributed by atoms with Crippen LogP contribution in [0.5, 0.6) is 0 Å². The molecular weight excluding hydrogens is 411 g/mol. The van der Waals surface area contributed by atoms with Crippen LogP contribution in [0.25, 0.3) is 5.53 Å². The average molecular weight is 441 g/mol. The molecule has 0 spiro atoms. The Morgan fingerprint density at radius 3 is 1.78 bits per heavy atom. The van der Waals surface area contributed by atoms with Crippen molar-refractivity contribution in [2.45, 2.75) is 55.4 Å². The third kappa shape index (κ3) is 5.19. The average Bonchev–Trinajstić information content (AvgIpc) is 2.54. The molecule has 27 heavy (non-hydrogen) atoms. The SMILES string of the molecule is CCOC(=O)C(=[N+]=[N-])C1(C(=O)OCC)C=C(C(C)(C)C)[Se]C(C(C)(C)C)=C1. The molecule has 0 fully saturated rings. The van der Waals surface area contributed by atoms with E-state index in [2.05, 4.69) is 46.3 Å². The number of hydrogen-bond acceptors (Lipinski definition) is 4. The normalized spacial score (nSPS) is 16.6. The number of allylic oxidation sites excluding steroid dienone is 2. The van der Waals surface area contributed by atoms with Crippen LogP contribution in [0.2, 0.25) is 0 Å². The third-order valence-electron chi connectivity index (χ3n) is 3.99. The molecule has 0 radical (unpaired) electrons. The van der Waals surface area contributed by atoms with E-state index < -0.39 is 17.4 Å². The zero-order chi connectivity index (χ0) is 21.0. The van der Waals surface area contributed by atoms with E-state index in [9.17, 15) is 15.1 Å². The maximum absolute atomic E-state index is 13.1. The fourth-order valence-corrected chi connectivity index (χ4v) is 5.27. The van der Waals surface area contributed by atoms with Crippen molar-refractivity contribution in [1.29, 1.82) is 0 Å². The van der Waals surface area contributed by atoms with Crippen LogP contribution in [-0.4, -0.2) is 50.6 Å². The van der Waals surface area contributed by atoms with E-state index in [0.29, 0.717) is 0 Å². The van der Waals surface area contributed by atoms with Crippen LogP contribution in [0.15, 0.2) is 21.1 Å². The number of carbonyl (C=O) groups excluding carboxylic acids is 2. The van der Waals surface area contributed by atoms with Crippen LogP contribution in [0, 0.1) is 16.2 Å². The molecule has 1 heterocycles. The maximum atomic E-state index is 13.1. The number of nitrogens with zero attached hydrogens (tertiary/aromatic N) is 2. The molecule has 0 bridgehead atoms. The van der Waals surface area contributed by atoms with Crippen LogP contribution in [0.1, 0.15) is 55.4 Å². The van der Waals surface area contributed by atoms with Crippen molar-refractivity contribution in [2.75, 3.05) is 13.2 Å². The van der Waals surface area contributed by atoms with Gasteiger partial charge in [0.05, 0.1) is 0 Å². The summed E-state index contributed by atoms with van der Waals surface area (Å²) in [4.78, 5) is 28.8. The van der Waals surface area contributed by atoms with Crippen LogP contribution in [-0.2, 0) is 19.1 Å². The molecule has 1 aliphatic rings. The molecule has 0 N–H and O–H groups in total. The van der Waals surface area contributed by atoms with Crippen LogP contribution in [0.4, 0.5) is 0 Å². The van der Waals surface area contributed by atoms with Crippen molar-refractivity contribution in [2.24, 2.45) is 16.2 Å². The molecule has 0 saturated heterocycles. The van der Waals surface area contributed by atoms with Crippen LogP contribution >= 0.6 is 0 Å². The van der Waals surface area contributed by atoms with Crippen molar-refractivity contribution >= 4 is 32.6 Å². The minimum absolute atomic E-state index is 0.0122. The summed E-state index contributed by atoms with van der Waals surface area (Å²) in [5.74, 6) is -1.48. The topological polar surface area (TPSA) is 89.0 Å². The molecular formula is C20H30N2O4Se. The summed E-state index contributed by atoms with van der Waals surface area (Å²) in [7, 11) is 0. The first kappa shape index (κ1) is 23.4. The summed E-state index contributed by atoms with van der Waals surface area (Å²) in [5.41, 5.74) is 7.23. The number of ether oxygens (including phenoxy) is 2. The molecule has 0 aromatic rings. The zero-order valence-corrected chi connectivity index (χ0v) is 19.2. The van der Waals surface area contributed by atoms with Gasteiger partial charge >= 0.3 is 168 Å². The predicted molar refractivity (Wildman–Crippen MR) is 105 cm³/mol. The first-order chi connectivity index (χ1) is 12.3. The predicted octanol–water partition coefficient (Wildman–Crippen LogP) is 3.35. The summed E-state index contributed by atoms with van der Waals surface area (Å²) >= 11 is -0.0122. The van der Waals surface area contributed by atoms with Gasteiger partial charge in [-0.15, -0.1) is 0 Å². The summed E-state index contributed by atoms with van der Waals surface area (Å²) in [6.45, 7) is 15.9. The van der Waals surface area contributed by atoms with Crippen LogP contribution in [0.3, 0.4) is 0 Å². The Kier molecular flexibility index (Phi) is 7.40. The van der Waals surface area contributed by atoms with Gasteiger partial charge in [0.25, 0.3) is 0 Å². The van der Waals surface area contributed by atoms with Gasteiger partial charge in [-0.2, -0.15) is 0 Å². The fraction of sp³-hybridized carbons (Fsp3) is 0.650. The molecule has 0 unspecified atom stereocenters. The van der Waals surface area contributed by atoms with Crippen molar-refractivity contribution < 1.29 is 23.9 Å². The monoisotopic (exact) mass is 442 g/mol. The molecule has 0 aromatic carbocycles. The zero-order valence-electron chi connectivity index (χ0n) is 17.5. The van der Waals surface area contributed by atoms with Gasteiger partial charge in [0.2, 0.25) is 0 Å². The molecule has 0 atom stereocenters. The van der Waals surface area contributed by atoms with Gasteiger partial charge in [-0.05, 0) is 0 Å². The van der Waals surface area contributed by atoms with E-state index in [1.807, 2.05) is 0 Å². The summed E-state index contributed by atoms with van der Waals surface area (Å²) in [6, 6.07) is 0. The Morgan fingerprint density at radius 2 is 1.44 bits per heavy atom. The minimum atomic E-state index is -1.61. The van der Waals surface area contributed by atoms with Crippen molar-refractivity contribution in [3.05, 3.63) is 26.6 Å². The number of hydrogen-bond donors (Lipinski definition) is 0. The van der Waals surface area contributed by atoms with Gasteiger partial charge in [-0.3, -0.25) is 0 Å². The molecule has 0 aliphatic carbocycles. The van der Waals surface area contributed by atoms with Crippen molar-refractivity contribution in [3.8, 4) is 0 Å². The number of rotatable bonds is 5. The molecule has 150 valence electrons.